The average molecular weight is 406 g/mol. The zero-order valence-electron chi connectivity index (χ0n) is 16.8. The number of ketones is 1. The van der Waals surface area contributed by atoms with Gasteiger partial charge in [0.15, 0.2) is 6.61 Å². The van der Waals surface area contributed by atoms with Gasteiger partial charge in [-0.3, -0.25) is 9.00 Å². The predicted octanol–water partition coefficient (Wildman–Crippen LogP) is 3.06. The number of hydrogen-bond donors (Lipinski definition) is 0. The quantitative estimate of drug-likeness (QED) is 0.345. The zero-order valence-corrected chi connectivity index (χ0v) is 17.6. The van der Waals surface area contributed by atoms with Gasteiger partial charge in [-0.1, -0.05) is 12.1 Å². The standard InChI is InChI=1S/C21H27NO5S/c1-15-11-19(16(2)22(15)9-6-10-26-3)20(23)13-27-21(24)18-8-5-7-17(12-18)14-28(4)25/h5,7-8,11-12H,6,9-10,13-14H2,1-4H3. The van der Waals surface area contributed by atoms with Crippen molar-refractivity contribution in [2.75, 3.05) is 26.6 Å². The summed E-state index contributed by atoms with van der Waals surface area (Å²) in [5, 5.41) is 0. The molecule has 0 bridgehead atoms. The summed E-state index contributed by atoms with van der Waals surface area (Å²) in [6.45, 7) is 4.95. The first-order valence-corrected chi connectivity index (χ1v) is 10.8. The summed E-state index contributed by atoms with van der Waals surface area (Å²) in [6, 6.07) is 8.62. The van der Waals surface area contributed by atoms with Gasteiger partial charge in [0, 0.05) is 60.0 Å². The van der Waals surface area contributed by atoms with E-state index in [1.165, 1.54) is 0 Å². The molecule has 0 spiro atoms. The van der Waals surface area contributed by atoms with Crippen molar-refractivity contribution < 1.29 is 23.3 Å². The maximum absolute atomic E-state index is 12.6. The van der Waals surface area contributed by atoms with Crippen LogP contribution in [0.4, 0.5) is 0 Å². The largest absolute Gasteiger partial charge is 0.454 e. The van der Waals surface area contributed by atoms with Gasteiger partial charge in [0.1, 0.15) is 0 Å². The number of carbonyl (C=O) groups is 2. The first-order chi connectivity index (χ1) is 13.3. The third-order valence-corrected chi connectivity index (χ3v) is 5.21. The SMILES string of the molecule is COCCCn1c(C)cc(C(=O)COC(=O)c2cccc(CS(C)=O)c2)c1C. The molecule has 1 atom stereocenters. The summed E-state index contributed by atoms with van der Waals surface area (Å²) in [5.41, 5.74) is 3.56. The Morgan fingerprint density at radius 1 is 1.18 bits per heavy atom. The second-order valence-corrected chi connectivity index (χ2v) is 8.14. The molecule has 0 aliphatic rings. The number of aryl methyl sites for hydroxylation is 1. The smallest absolute Gasteiger partial charge is 0.338 e. The fraction of sp³-hybridized carbons (Fsp3) is 0.429. The topological polar surface area (TPSA) is 74.6 Å². The molecule has 0 radical (unpaired) electrons. The van der Waals surface area contributed by atoms with Crippen molar-refractivity contribution in [2.45, 2.75) is 32.6 Å². The second kappa shape index (κ2) is 10.3. The van der Waals surface area contributed by atoms with Gasteiger partial charge in [-0.25, -0.2) is 4.79 Å². The van der Waals surface area contributed by atoms with Crippen LogP contribution in [0.1, 0.15) is 44.1 Å². The van der Waals surface area contributed by atoms with E-state index in [4.69, 9.17) is 9.47 Å². The number of ether oxygens (including phenoxy) is 2. The number of rotatable bonds is 10. The van der Waals surface area contributed by atoms with E-state index in [-0.39, 0.29) is 12.4 Å². The molecule has 1 aromatic carbocycles. The molecule has 6 nitrogen and oxygen atoms in total. The Hall–Kier alpha value is -2.25. The first kappa shape index (κ1) is 22.0. The van der Waals surface area contributed by atoms with Gasteiger partial charge in [-0.2, -0.15) is 0 Å². The van der Waals surface area contributed by atoms with Crippen LogP contribution >= 0.6 is 0 Å². The number of benzene rings is 1. The van der Waals surface area contributed by atoms with Gasteiger partial charge in [0.25, 0.3) is 0 Å². The van der Waals surface area contributed by atoms with Crippen molar-refractivity contribution in [1.82, 2.24) is 4.57 Å². The third kappa shape index (κ3) is 5.87. The van der Waals surface area contributed by atoms with Gasteiger partial charge in [-0.15, -0.1) is 0 Å². The fourth-order valence-electron chi connectivity index (χ4n) is 3.11. The Labute approximate surface area is 168 Å². The molecule has 0 aliphatic carbocycles. The van der Waals surface area contributed by atoms with E-state index in [9.17, 15) is 13.8 Å². The van der Waals surface area contributed by atoms with Crippen LogP contribution in [-0.4, -0.2) is 47.1 Å². The predicted molar refractivity (Wildman–Crippen MR) is 109 cm³/mol. The molecule has 1 unspecified atom stereocenters. The summed E-state index contributed by atoms with van der Waals surface area (Å²) >= 11 is 0. The van der Waals surface area contributed by atoms with Crippen molar-refractivity contribution in [1.29, 1.82) is 0 Å². The van der Waals surface area contributed by atoms with E-state index < -0.39 is 16.8 Å². The lowest BCUT2D eigenvalue weighted by Crippen LogP contribution is -2.15. The lowest BCUT2D eigenvalue weighted by atomic mass is 10.1. The molecule has 1 aromatic heterocycles. The summed E-state index contributed by atoms with van der Waals surface area (Å²) in [4.78, 5) is 24.8. The van der Waals surface area contributed by atoms with Crippen molar-refractivity contribution in [3.8, 4) is 0 Å². The molecule has 28 heavy (non-hydrogen) atoms. The minimum absolute atomic E-state index is 0.231. The summed E-state index contributed by atoms with van der Waals surface area (Å²) in [6.07, 6.45) is 2.46. The van der Waals surface area contributed by atoms with E-state index >= 15 is 0 Å². The molecule has 152 valence electrons. The van der Waals surface area contributed by atoms with Crippen LogP contribution in [0.2, 0.25) is 0 Å². The monoisotopic (exact) mass is 405 g/mol. The lowest BCUT2D eigenvalue weighted by molar-refractivity contribution is 0.0474. The van der Waals surface area contributed by atoms with Crippen LogP contribution in [-0.2, 0) is 32.6 Å². The van der Waals surface area contributed by atoms with Crippen LogP contribution in [0.15, 0.2) is 30.3 Å². The number of Topliss-reactive ketones (excluding diaryl/α,β-unsaturated/α-hetero) is 1. The van der Waals surface area contributed by atoms with E-state index in [1.54, 1.807) is 31.6 Å². The average Bonchev–Trinajstić information content (AvgIpc) is 2.94. The maximum atomic E-state index is 12.6. The van der Waals surface area contributed by atoms with Gasteiger partial charge >= 0.3 is 5.97 Å². The van der Waals surface area contributed by atoms with Crippen molar-refractivity contribution >= 4 is 22.6 Å². The Bertz CT molecular complexity index is 872. The Morgan fingerprint density at radius 2 is 1.93 bits per heavy atom. The van der Waals surface area contributed by atoms with Crippen LogP contribution in [0.25, 0.3) is 0 Å². The number of nitrogens with zero attached hydrogens (tertiary/aromatic N) is 1. The highest BCUT2D eigenvalue weighted by Gasteiger charge is 2.18. The molecule has 0 aliphatic heterocycles. The Balaban J connectivity index is 2.01. The van der Waals surface area contributed by atoms with Gasteiger partial charge < -0.3 is 14.0 Å². The molecule has 1 heterocycles. The number of aromatic nitrogens is 1. The van der Waals surface area contributed by atoms with Crippen molar-refractivity contribution in [2.24, 2.45) is 0 Å². The Kier molecular flexibility index (Phi) is 8.14. The fourth-order valence-corrected chi connectivity index (χ4v) is 3.76. The molecule has 0 N–H and O–H groups in total. The lowest BCUT2D eigenvalue weighted by Gasteiger charge is -2.09. The van der Waals surface area contributed by atoms with Gasteiger partial charge in [-0.05, 0) is 44.0 Å². The van der Waals surface area contributed by atoms with Crippen LogP contribution in [0.3, 0.4) is 0 Å². The molecule has 2 aromatic rings. The highest BCUT2D eigenvalue weighted by molar-refractivity contribution is 7.83. The van der Waals surface area contributed by atoms with Crippen molar-refractivity contribution in [3.05, 3.63) is 58.4 Å². The molecular weight excluding hydrogens is 378 g/mol. The van der Waals surface area contributed by atoms with E-state index in [1.807, 2.05) is 26.0 Å². The maximum Gasteiger partial charge on any atom is 0.338 e. The number of hydrogen-bond acceptors (Lipinski definition) is 5. The first-order valence-electron chi connectivity index (χ1n) is 9.08. The number of methoxy groups -OCH3 is 1. The molecule has 0 amide bonds. The summed E-state index contributed by atoms with van der Waals surface area (Å²) in [5.74, 6) is -0.425. The van der Waals surface area contributed by atoms with Gasteiger partial charge in [0.2, 0.25) is 5.78 Å². The minimum atomic E-state index is -0.996. The van der Waals surface area contributed by atoms with Crippen LogP contribution in [0, 0.1) is 13.8 Å². The molecule has 7 heteroatoms. The normalized spacial score (nSPS) is 12.0. The zero-order chi connectivity index (χ0) is 20.7. The highest BCUT2D eigenvalue weighted by atomic mass is 32.2. The second-order valence-electron chi connectivity index (χ2n) is 6.70. The molecule has 0 fully saturated rings. The number of esters is 1. The molecule has 0 saturated carbocycles. The molecule has 2 rings (SSSR count). The Morgan fingerprint density at radius 3 is 2.61 bits per heavy atom. The minimum Gasteiger partial charge on any atom is -0.454 e. The molecule has 0 saturated heterocycles. The van der Waals surface area contributed by atoms with Crippen molar-refractivity contribution in [3.63, 3.8) is 0 Å². The van der Waals surface area contributed by atoms with E-state index in [0.29, 0.717) is 23.5 Å². The van der Waals surface area contributed by atoms with Crippen LogP contribution in [0.5, 0.6) is 0 Å². The third-order valence-electron chi connectivity index (χ3n) is 4.47. The number of carbonyl (C=O) groups excluding carboxylic acids is 2. The summed E-state index contributed by atoms with van der Waals surface area (Å²) in [7, 11) is 0.666. The van der Waals surface area contributed by atoms with Gasteiger partial charge in [0.05, 0.1) is 5.56 Å². The van der Waals surface area contributed by atoms with E-state index in [0.717, 1.165) is 29.9 Å². The summed E-state index contributed by atoms with van der Waals surface area (Å²) < 4.78 is 23.7. The molecular formula is C21H27NO5S. The highest BCUT2D eigenvalue weighted by Crippen LogP contribution is 2.17. The van der Waals surface area contributed by atoms with E-state index in [2.05, 4.69) is 4.57 Å². The van der Waals surface area contributed by atoms with Crippen LogP contribution < -0.4 is 0 Å².